The molecular weight excluding hydrogens is 284 g/mol. The van der Waals surface area contributed by atoms with Crippen LogP contribution in [0.25, 0.3) is 0 Å². The molecule has 2 unspecified atom stereocenters. The van der Waals surface area contributed by atoms with Crippen molar-refractivity contribution in [2.24, 2.45) is 5.92 Å². The van der Waals surface area contributed by atoms with E-state index in [0.717, 1.165) is 31.4 Å². The molecule has 2 aliphatic rings. The lowest BCUT2D eigenvalue weighted by Crippen LogP contribution is -2.37. The Hall–Kier alpha value is -1.67. The molecule has 1 aromatic rings. The number of nitrogens with zero attached hydrogens (tertiary/aromatic N) is 2. The minimum absolute atomic E-state index is 0.0119. The average Bonchev–Trinajstić information content (AvgIpc) is 3.01. The highest BCUT2D eigenvalue weighted by molar-refractivity contribution is 7.89. The Morgan fingerprint density at radius 2 is 2.10 bits per heavy atom. The van der Waals surface area contributed by atoms with Gasteiger partial charge in [-0.05, 0) is 37.3 Å². The minimum atomic E-state index is -3.72. The third kappa shape index (κ3) is 1.95. The van der Waals surface area contributed by atoms with E-state index in [1.165, 1.54) is 10.4 Å². The molecule has 1 N–H and O–H groups in total. The molecule has 1 aliphatic carbocycles. The standard InChI is InChI=1S/C12H14N2O5S/c15-12-4-3-10(6-11(12)14(16)17)20(18,19)13-7-8-1-2-9(13)5-8/h3-4,6,8-9,15H,1-2,5,7H2. The molecule has 3 rings (SSSR count). The molecule has 1 aromatic carbocycles. The van der Waals surface area contributed by atoms with Crippen LogP contribution in [-0.2, 0) is 10.0 Å². The van der Waals surface area contributed by atoms with E-state index in [2.05, 4.69) is 0 Å². The van der Waals surface area contributed by atoms with Crippen molar-refractivity contribution >= 4 is 15.7 Å². The Morgan fingerprint density at radius 1 is 1.35 bits per heavy atom. The van der Waals surface area contributed by atoms with Gasteiger partial charge >= 0.3 is 5.69 Å². The van der Waals surface area contributed by atoms with Crippen LogP contribution >= 0.6 is 0 Å². The summed E-state index contributed by atoms with van der Waals surface area (Å²) in [6, 6.07) is 3.21. The zero-order valence-electron chi connectivity index (χ0n) is 10.6. The van der Waals surface area contributed by atoms with Gasteiger partial charge in [-0.15, -0.1) is 0 Å². The largest absolute Gasteiger partial charge is 0.502 e. The van der Waals surface area contributed by atoms with Crippen LogP contribution in [0.3, 0.4) is 0 Å². The fourth-order valence-corrected chi connectivity index (χ4v) is 4.88. The molecule has 0 radical (unpaired) electrons. The van der Waals surface area contributed by atoms with E-state index in [4.69, 9.17) is 0 Å². The summed E-state index contributed by atoms with van der Waals surface area (Å²) < 4.78 is 26.5. The van der Waals surface area contributed by atoms with Gasteiger partial charge in [0, 0.05) is 18.7 Å². The van der Waals surface area contributed by atoms with E-state index in [1.54, 1.807) is 0 Å². The highest BCUT2D eigenvalue weighted by atomic mass is 32.2. The van der Waals surface area contributed by atoms with Crippen LogP contribution in [0, 0.1) is 16.0 Å². The molecule has 8 heteroatoms. The Labute approximate surface area is 116 Å². The molecule has 7 nitrogen and oxygen atoms in total. The van der Waals surface area contributed by atoms with Crippen molar-refractivity contribution in [1.29, 1.82) is 0 Å². The summed E-state index contributed by atoms with van der Waals surface area (Å²) in [5.41, 5.74) is -0.588. The van der Waals surface area contributed by atoms with Crippen LogP contribution in [-0.4, -0.2) is 35.3 Å². The molecule has 2 fully saturated rings. The number of benzene rings is 1. The first-order valence-electron chi connectivity index (χ1n) is 6.39. The first kappa shape index (κ1) is 13.3. The number of hydrogen-bond donors (Lipinski definition) is 1. The predicted octanol–water partition coefficient (Wildman–Crippen LogP) is 1.47. The molecule has 20 heavy (non-hydrogen) atoms. The lowest BCUT2D eigenvalue weighted by Gasteiger charge is -2.26. The normalized spacial score (nSPS) is 26.0. The van der Waals surface area contributed by atoms with Gasteiger partial charge < -0.3 is 5.11 Å². The fourth-order valence-electron chi connectivity index (χ4n) is 3.12. The number of piperidine rings is 1. The van der Waals surface area contributed by atoms with Gasteiger partial charge in [-0.1, -0.05) is 0 Å². The minimum Gasteiger partial charge on any atom is -0.502 e. The first-order valence-corrected chi connectivity index (χ1v) is 7.83. The maximum Gasteiger partial charge on any atom is 0.312 e. The summed E-state index contributed by atoms with van der Waals surface area (Å²) in [4.78, 5) is 9.87. The van der Waals surface area contributed by atoms with E-state index in [0.29, 0.717) is 12.5 Å². The quantitative estimate of drug-likeness (QED) is 0.672. The number of nitro benzene ring substituents is 1. The van der Waals surface area contributed by atoms with Gasteiger partial charge in [0.1, 0.15) is 0 Å². The topological polar surface area (TPSA) is 101 Å². The molecule has 0 amide bonds. The molecule has 0 aromatic heterocycles. The number of aromatic hydroxyl groups is 1. The monoisotopic (exact) mass is 298 g/mol. The zero-order valence-corrected chi connectivity index (χ0v) is 11.4. The van der Waals surface area contributed by atoms with E-state index in [-0.39, 0.29) is 10.9 Å². The lowest BCUT2D eigenvalue weighted by molar-refractivity contribution is -0.386. The van der Waals surface area contributed by atoms with E-state index in [9.17, 15) is 23.6 Å². The van der Waals surface area contributed by atoms with Gasteiger partial charge in [0.2, 0.25) is 10.0 Å². The van der Waals surface area contributed by atoms with Gasteiger partial charge in [0.25, 0.3) is 0 Å². The number of hydrogen-bond acceptors (Lipinski definition) is 5. The van der Waals surface area contributed by atoms with Gasteiger partial charge in [0.05, 0.1) is 9.82 Å². The second kappa shape index (κ2) is 4.42. The van der Waals surface area contributed by atoms with Crippen molar-refractivity contribution in [2.75, 3.05) is 6.54 Å². The van der Waals surface area contributed by atoms with Crippen molar-refractivity contribution in [2.45, 2.75) is 30.2 Å². The summed E-state index contributed by atoms with van der Waals surface area (Å²) in [6.07, 6.45) is 2.77. The molecule has 108 valence electrons. The number of fused-ring (bicyclic) bond motifs is 2. The van der Waals surface area contributed by atoms with Crippen molar-refractivity contribution in [3.8, 4) is 5.75 Å². The Bertz CT molecular complexity index is 672. The number of phenolic OH excluding ortho intramolecular Hbond substituents is 1. The van der Waals surface area contributed by atoms with Crippen LogP contribution in [0.2, 0.25) is 0 Å². The molecule has 1 aliphatic heterocycles. The summed E-state index contributed by atoms with van der Waals surface area (Å²) in [6.45, 7) is 0.488. The van der Waals surface area contributed by atoms with Crippen LogP contribution in [0.1, 0.15) is 19.3 Å². The third-order valence-corrected chi connectivity index (χ3v) is 6.02. The van der Waals surface area contributed by atoms with Crippen LogP contribution < -0.4 is 0 Å². The SMILES string of the molecule is O=[N+]([O-])c1cc(S(=O)(=O)N2CC3CCC2C3)ccc1O. The molecule has 0 spiro atoms. The predicted molar refractivity (Wildman–Crippen MR) is 69.8 cm³/mol. The molecule has 2 bridgehead atoms. The van der Waals surface area contributed by atoms with E-state index in [1.807, 2.05) is 0 Å². The summed E-state index contributed by atoms with van der Waals surface area (Å²) in [7, 11) is -3.72. The van der Waals surface area contributed by atoms with Crippen molar-refractivity contribution < 1.29 is 18.4 Å². The Balaban J connectivity index is 2.00. The molecular formula is C12H14N2O5S. The molecule has 1 saturated heterocycles. The lowest BCUT2D eigenvalue weighted by atomic mass is 10.1. The summed E-state index contributed by atoms with van der Waals surface area (Å²) >= 11 is 0. The van der Waals surface area contributed by atoms with Crippen molar-refractivity contribution in [1.82, 2.24) is 4.31 Å². The first-order chi connectivity index (χ1) is 9.39. The van der Waals surface area contributed by atoms with Crippen LogP contribution in [0.4, 0.5) is 5.69 Å². The zero-order chi connectivity index (χ0) is 14.5. The smallest absolute Gasteiger partial charge is 0.312 e. The van der Waals surface area contributed by atoms with E-state index < -0.39 is 26.4 Å². The number of rotatable bonds is 3. The number of nitro groups is 1. The van der Waals surface area contributed by atoms with Gasteiger partial charge in [-0.2, -0.15) is 4.31 Å². The maximum atomic E-state index is 12.5. The highest BCUT2D eigenvalue weighted by Crippen LogP contribution is 2.41. The molecule has 1 saturated carbocycles. The Morgan fingerprint density at radius 3 is 2.65 bits per heavy atom. The summed E-state index contributed by atoms with van der Waals surface area (Å²) in [5, 5.41) is 20.2. The van der Waals surface area contributed by atoms with Crippen LogP contribution in [0.5, 0.6) is 5.75 Å². The Kier molecular flexibility index (Phi) is 2.94. The highest BCUT2D eigenvalue weighted by Gasteiger charge is 2.44. The fraction of sp³-hybridized carbons (Fsp3) is 0.500. The van der Waals surface area contributed by atoms with Crippen molar-refractivity contribution in [3.05, 3.63) is 28.3 Å². The number of sulfonamides is 1. The average molecular weight is 298 g/mol. The van der Waals surface area contributed by atoms with Crippen LogP contribution in [0.15, 0.2) is 23.1 Å². The summed E-state index contributed by atoms with van der Waals surface area (Å²) in [5.74, 6) is -0.126. The third-order valence-electron chi connectivity index (χ3n) is 4.11. The van der Waals surface area contributed by atoms with E-state index >= 15 is 0 Å². The van der Waals surface area contributed by atoms with Gasteiger partial charge in [0.15, 0.2) is 5.75 Å². The molecule has 2 atom stereocenters. The van der Waals surface area contributed by atoms with Crippen molar-refractivity contribution in [3.63, 3.8) is 0 Å². The molecule has 1 heterocycles. The van der Waals surface area contributed by atoms with Gasteiger partial charge in [-0.3, -0.25) is 10.1 Å². The maximum absolute atomic E-state index is 12.5. The second-order valence-corrected chi connectivity index (χ2v) is 7.21. The number of phenols is 1. The van der Waals surface area contributed by atoms with Gasteiger partial charge in [-0.25, -0.2) is 8.42 Å². The second-order valence-electron chi connectivity index (χ2n) is 5.32.